The summed E-state index contributed by atoms with van der Waals surface area (Å²) in [7, 11) is 0. The lowest BCUT2D eigenvalue weighted by molar-refractivity contribution is -0.147. The SMILES string of the molecule is CCCCN(CC(NCCC)(C(=O)O)C1CC1)C(C)CC. The van der Waals surface area contributed by atoms with Crippen molar-refractivity contribution in [1.29, 1.82) is 0 Å². The lowest BCUT2D eigenvalue weighted by Gasteiger charge is -2.39. The highest BCUT2D eigenvalue weighted by molar-refractivity contribution is 5.80. The Bertz CT molecular complexity index is 318. The molecule has 0 aromatic rings. The van der Waals surface area contributed by atoms with Gasteiger partial charge in [0.15, 0.2) is 0 Å². The summed E-state index contributed by atoms with van der Waals surface area (Å²) in [5.41, 5.74) is -0.743. The highest BCUT2D eigenvalue weighted by atomic mass is 16.4. The van der Waals surface area contributed by atoms with Crippen LogP contribution in [-0.2, 0) is 4.79 Å². The zero-order chi connectivity index (χ0) is 15.9. The van der Waals surface area contributed by atoms with Crippen LogP contribution < -0.4 is 5.32 Å². The van der Waals surface area contributed by atoms with Gasteiger partial charge >= 0.3 is 5.97 Å². The Kier molecular flexibility index (Phi) is 7.67. The van der Waals surface area contributed by atoms with Gasteiger partial charge in [-0.05, 0) is 58.0 Å². The van der Waals surface area contributed by atoms with Crippen LogP contribution in [0.1, 0.15) is 66.2 Å². The molecule has 2 atom stereocenters. The smallest absolute Gasteiger partial charge is 0.325 e. The summed E-state index contributed by atoms with van der Waals surface area (Å²) in [6, 6.07) is 0.442. The first kappa shape index (κ1) is 18.4. The summed E-state index contributed by atoms with van der Waals surface area (Å²) >= 11 is 0. The van der Waals surface area contributed by atoms with Gasteiger partial charge in [0, 0.05) is 12.6 Å². The fourth-order valence-electron chi connectivity index (χ4n) is 2.97. The van der Waals surface area contributed by atoms with E-state index in [2.05, 4.69) is 37.9 Å². The normalized spacial score (nSPS) is 19.5. The van der Waals surface area contributed by atoms with Gasteiger partial charge in [-0.3, -0.25) is 9.69 Å². The molecule has 4 nitrogen and oxygen atoms in total. The van der Waals surface area contributed by atoms with E-state index in [4.69, 9.17) is 0 Å². The van der Waals surface area contributed by atoms with E-state index in [1.54, 1.807) is 0 Å². The fourth-order valence-corrected chi connectivity index (χ4v) is 2.97. The molecule has 1 aliphatic rings. The van der Waals surface area contributed by atoms with Gasteiger partial charge in [-0.1, -0.05) is 27.2 Å². The van der Waals surface area contributed by atoms with E-state index in [0.717, 1.165) is 51.6 Å². The molecule has 0 spiro atoms. The van der Waals surface area contributed by atoms with Crippen molar-refractivity contribution in [3.63, 3.8) is 0 Å². The first-order chi connectivity index (χ1) is 10.0. The second kappa shape index (κ2) is 8.74. The molecule has 0 aromatic heterocycles. The largest absolute Gasteiger partial charge is 0.480 e. The molecule has 0 bridgehead atoms. The van der Waals surface area contributed by atoms with Crippen molar-refractivity contribution < 1.29 is 9.90 Å². The molecule has 21 heavy (non-hydrogen) atoms. The van der Waals surface area contributed by atoms with Crippen LogP contribution in [-0.4, -0.2) is 47.2 Å². The number of hydrogen-bond donors (Lipinski definition) is 2. The van der Waals surface area contributed by atoms with E-state index in [1.807, 2.05) is 0 Å². The van der Waals surface area contributed by atoms with Crippen molar-refractivity contribution in [2.45, 2.75) is 77.8 Å². The van der Waals surface area contributed by atoms with Gasteiger partial charge < -0.3 is 10.4 Å². The summed E-state index contributed by atoms with van der Waals surface area (Å²) in [6.07, 6.45) is 6.42. The van der Waals surface area contributed by atoms with Gasteiger partial charge in [0.05, 0.1) is 0 Å². The van der Waals surface area contributed by atoms with Crippen molar-refractivity contribution in [3.05, 3.63) is 0 Å². The summed E-state index contributed by atoms with van der Waals surface area (Å²) in [5.74, 6) is -0.363. The van der Waals surface area contributed by atoms with Gasteiger partial charge in [0.2, 0.25) is 0 Å². The second-order valence-corrected chi connectivity index (χ2v) is 6.56. The lowest BCUT2D eigenvalue weighted by atomic mass is 9.91. The number of nitrogens with zero attached hydrogens (tertiary/aromatic N) is 1. The molecule has 2 N–H and O–H groups in total. The quantitative estimate of drug-likeness (QED) is 0.581. The Balaban J connectivity index is 2.86. The van der Waals surface area contributed by atoms with Gasteiger partial charge in [-0.2, -0.15) is 0 Å². The average molecular weight is 298 g/mol. The standard InChI is InChI=1S/C17H34N2O2/c1-5-8-12-19(14(4)7-3)13-17(16(20)21,15-9-10-15)18-11-6-2/h14-15,18H,5-13H2,1-4H3,(H,20,21). The van der Waals surface area contributed by atoms with Crippen LogP contribution in [0, 0.1) is 5.92 Å². The number of carbonyl (C=O) groups is 1. The first-order valence-electron chi connectivity index (χ1n) is 8.74. The van der Waals surface area contributed by atoms with Crippen LogP contribution in [0.5, 0.6) is 0 Å². The average Bonchev–Trinajstić information content (AvgIpc) is 3.30. The number of rotatable bonds is 12. The van der Waals surface area contributed by atoms with E-state index in [-0.39, 0.29) is 0 Å². The molecule has 4 heteroatoms. The van der Waals surface area contributed by atoms with Crippen molar-refractivity contribution in [1.82, 2.24) is 10.2 Å². The van der Waals surface area contributed by atoms with Gasteiger partial charge in [0.1, 0.15) is 5.54 Å². The molecular weight excluding hydrogens is 264 g/mol. The zero-order valence-electron chi connectivity index (χ0n) is 14.3. The molecule has 0 amide bonds. The van der Waals surface area contributed by atoms with Crippen molar-refractivity contribution in [2.24, 2.45) is 5.92 Å². The van der Waals surface area contributed by atoms with Crippen LogP contribution in [0.4, 0.5) is 0 Å². The Hall–Kier alpha value is -0.610. The minimum absolute atomic E-state index is 0.301. The zero-order valence-corrected chi connectivity index (χ0v) is 14.3. The van der Waals surface area contributed by atoms with Crippen LogP contribution in [0.3, 0.4) is 0 Å². The predicted octanol–water partition coefficient (Wildman–Crippen LogP) is 3.12. The molecular formula is C17H34N2O2. The minimum Gasteiger partial charge on any atom is -0.480 e. The molecule has 1 aliphatic carbocycles. The maximum Gasteiger partial charge on any atom is 0.325 e. The Labute approximate surface area is 130 Å². The highest BCUT2D eigenvalue weighted by Gasteiger charge is 2.51. The Morgan fingerprint density at radius 2 is 2.00 bits per heavy atom. The molecule has 1 fully saturated rings. The van der Waals surface area contributed by atoms with Crippen LogP contribution in [0.25, 0.3) is 0 Å². The van der Waals surface area contributed by atoms with Crippen molar-refractivity contribution in [2.75, 3.05) is 19.6 Å². The summed E-state index contributed by atoms with van der Waals surface area (Å²) < 4.78 is 0. The molecule has 0 saturated heterocycles. The molecule has 0 radical (unpaired) electrons. The third-order valence-corrected chi connectivity index (χ3v) is 4.81. The maximum atomic E-state index is 12.0. The highest BCUT2D eigenvalue weighted by Crippen LogP contribution is 2.41. The predicted molar refractivity (Wildman–Crippen MR) is 87.6 cm³/mol. The monoisotopic (exact) mass is 298 g/mol. The van der Waals surface area contributed by atoms with Crippen molar-refractivity contribution >= 4 is 5.97 Å². The fraction of sp³-hybridized carbons (Fsp3) is 0.941. The minimum atomic E-state index is -0.743. The number of hydrogen-bond acceptors (Lipinski definition) is 3. The molecule has 1 saturated carbocycles. The van der Waals surface area contributed by atoms with E-state index in [9.17, 15) is 9.90 Å². The third kappa shape index (κ3) is 4.96. The maximum absolute atomic E-state index is 12.0. The molecule has 0 heterocycles. The Morgan fingerprint density at radius 1 is 1.33 bits per heavy atom. The first-order valence-corrected chi connectivity index (χ1v) is 8.74. The number of carboxylic acids is 1. The molecule has 2 unspecified atom stereocenters. The number of nitrogens with one attached hydrogen (secondary N) is 1. The molecule has 1 rings (SSSR count). The molecule has 124 valence electrons. The van der Waals surface area contributed by atoms with Gasteiger partial charge in [-0.15, -0.1) is 0 Å². The van der Waals surface area contributed by atoms with Gasteiger partial charge in [-0.25, -0.2) is 0 Å². The third-order valence-electron chi connectivity index (χ3n) is 4.81. The Morgan fingerprint density at radius 3 is 2.43 bits per heavy atom. The second-order valence-electron chi connectivity index (χ2n) is 6.56. The number of aliphatic carboxylic acids is 1. The van der Waals surface area contributed by atoms with E-state index in [1.165, 1.54) is 0 Å². The lowest BCUT2D eigenvalue weighted by Crippen LogP contribution is -2.62. The number of carboxylic acid groups (broad SMARTS) is 1. The van der Waals surface area contributed by atoms with Crippen LogP contribution >= 0.6 is 0 Å². The van der Waals surface area contributed by atoms with E-state index in [0.29, 0.717) is 18.5 Å². The van der Waals surface area contributed by atoms with E-state index < -0.39 is 11.5 Å². The van der Waals surface area contributed by atoms with Gasteiger partial charge in [0.25, 0.3) is 0 Å². The summed E-state index contributed by atoms with van der Waals surface area (Å²) in [5, 5.41) is 13.3. The van der Waals surface area contributed by atoms with E-state index >= 15 is 0 Å². The van der Waals surface area contributed by atoms with Crippen LogP contribution in [0.15, 0.2) is 0 Å². The summed E-state index contributed by atoms with van der Waals surface area (Å²) in [6.45, 7) is 11.1. The number of unbranched alkanes of at least 4 members (excludes halogenated alkanes) is 1. The molecule has 0 aliphatic heterocycles. The van der Waals surface area contributed by atoms with Crippen LogP contribution in [0.2, 0.25) is 0 Å². The topological polar surface area (TPSA) is 52.6 Å². The molecule has 0 aromatic carbocycles. The summed E-state index contributed by atoms with van der Waals surface area (Å²) in [4.78, 5) is 14.4. The van der Waals surface area contributed by atoms with Crippen molar-refractivity contribution in [3.8, 4) is 0 Å².